The van der Waals surface area contributed by atoms with E-state index in [0.717, 1.165) is 34.0 Å². The van der Waals surface area contributed by atoms with Crippen molar-refractivity contribution in [2.75, 3.05) is 26.9 Å². The van der Waals surface area contributed by atoms with Crippen LogP contribution < -0.4 is 14.8 Å². The number of nitrogens with zero attached hydrogens (tertiary/aromatic N) is 1. The third-order valence-electron chi connectivity index (χ3n) is 4.94. The number of aromatic amines is 1. The zero-order valence-electron chi connectivity index (χ0n) is 17.1. The monoisotopic (exact) mass is 421 g/mol. The summed E-state index contributed by atoms with van der Waals surface area (Å²) in [5.74, 6) is 0.993. The molecule has 0 saturated carbocycles. The molecule has 160 valence electrons. The van der Waals surface area contributed by atoms with Crippen LogP contribution in [0.15, 0.2) is 48.5 Å². The summed E-state index contributed by atoms with van der Waals surface area (Å²) in [6.07, 6.45) is 0.814. The molecule has 4 rings (SSSR count). The van der Waals surface area contributed by atoms with Crippen molar-refractivity contribution in [2.24, 2.45) is 0 Å². The fourth-order valence-corrected chi connectivity index (χ4v) is 3.26. The Morgan fingerprint density at radius 3 is 2.55 bits per heavy atom. The lowest BCUT2D eigenvalue weighted by molar-refractivity contribution is -0.140. The standard InChI is InChI=1S/C23H23N3O5/c1-29-22(27)3-2-10-24-23(28)16-6-4-15(5-7-16)18-14-19(26-25-18)17-8-9-20-21(13-17)31-12-11-30-20/h4-9,13-14H,2-3,10-12H2,1H3,(H,24,28)(H,25,26). The van der Waals surface area contributed by atoms with Crippen molar-refractivity contribution in [3.05, 3.63) is 54.1 Å². The summed E-state index contributed by atoms with van der Waals surface area (Å²) in [6, 6.07) is 15.0. The molecule has 0 atom stereocenters. The van der Waals surface area contributed by atoms with Gasteiger partial charge in [0.25, 0.3) is 5.91 Å². The Hall–Kier alpha value is -3.81. The van der Waals surface area contributed by atoms with Crippen molar-refractivity contribution in [1.82, 2.24) is 15.5 Å². The fourth-order valence-electron chi connectivity index (χ4n) is 3.26. The highest BCUT2D eigenvalue weighted by atomic mass is 16.6. The number of carbonyl (C=O) groups is 2. The predicted octanol–water partition coefficient (Wildman–Crippen LogP) is 3.20. The Bertz CT molecular complexity index is 1080. The maximum atomic E-state index is 12.2. The molecule has 1 aliphatic heterocycles. The molecule has 2 N–H and O–H groups in total. The van der Waals surface area contributed by atoms with E-state index in [9.17, 15) is 9.59 Å². The molecule has 0 fully saturated rings. The van der Waals surface area contributed by atoms with Crippen LogP contribution in [-0.4, -0.2) is 48.9 Å². The smallest absolute Gasteiger partial charge is 0.305 e. The molecule has 31 heavy (non-hydrogen) atoms. The molecule has 0 bridgehead atoms. The first kappa shape index (κ1) is 20.5. The predicted molar refractivity (Wildman–Crippen MR) is 114 cm³/mol. The van der Waals surface area contributed by atoms with Crippen molar-refractivity contribution >= 4 is 11.9 Å². The lowest BCUT2D eigenvalue weighted by atomic mass is 10.1. The topological polar surface area (TPSA) is 103 Å². The number of H-pyrrole nitrogens is 1. The lowest BCUT2D eigenvalue weighted by Crippen LogP contribution is -2.24. The number of carbonyl (C=O) groups excluding carboxylic acids is 2. The Balaban J connectivity index is 1.39. The zero-order chi connectivity index (χ0) is 21.6. The lowest BCUT2D eigenvalue weighted by Gasteiger charge is -2.18. The van der Waals surface area contributed by atoms with Crippen LogP contribution in [-0.2, 0) is 9.53 Å². The van der Waals surface area contributed by atoms with E-state index in [1.807, 2.05) is 36.4 Å². The van der Waals surface area contributed by atoms with Gasteiger partial charge in [0.15, 0.2) is 11.5 Å². The highest BCUT2D eigenvalue weighted by molar-refractivity contribution is 5.94. The third kappa shape index (κ3) is 4.85. The van der Waals surface area contributed by atoms with Gasteiger partial charge in [0.1, 0.15) is 13.2 Å². The Kier molecular flexibility index (Phi) is 6.16. The highest BCUT2D eigenvalue weighted by Gasteiger charge is 2.14. The van der Waals surface area contributed by atoms with Crippen molar-refractivity contribution in [2.45, 2.75) is 12.8 Å². The molecule has 2 heterocycles. The average molecular weight is 421 g/mol. The van der Waals surface area contributed by atoms with Gasteiger partial charge in [-0.3, -0.25) is 14.7 Å². The number of benzene rings is 2. The van der Waals surface area contributed by atoms with E-state index in [1.54, 1.807) is 12.1 Å². The molecular weight excluding hydrogens is 398 g/mol. The summed E-state index contributed by atoms with van der Waals surface area (Å²) in [5, 5.41) is 10.2. The maximum Gasteiger partial charge on any atom is 0.305 e. The number of hydrogen-bond donors (Lipinski definition) is 2. The highest BCUT2D eigenvalue weighted by Crippen LogP contribution is 2.34. The normalized spacial score (nSPS) is 12.3. The summed E-state index contributed by atoms with van der Waals surface area (Å²) in [7, 11) is 1.35. The quantitative estimate of drug-likeness (QED) is 0.449. The SMILES string of the molecule is COC(=O)CCCNC(=O)c1ccc(-c2cc(-c3ccc4c(c3)OCCO4)n[nH]2)cc1. The number of esters is 1. The number of aromatic nitrogens is 2. The number of rotatable bonds is 7. The molecule has 0 radical (unpaired) electrons. The van der Waals surface area contributed by atoms with E-state index in [4.69, 9.17) is 9.47 Å². The minimum atomic E-state index is -0.284. The molecule has 0 spiro atoms. The number of amides is 1. The number of methoxy groups -OCH3 is 1. The summed E-state index contributed by atoms with van der Waals surface area (Å²) in [4.78, 5) is 23.3. The molecule has 8 heteroatoms. The summed E-state index contributed by atoms with van der Waals surface area (Å²) in [6.45, 7) is 1.50. The number of ether oxygens (including phenoxy) is 3. The first-order valence-corrected chi connectivity index (χ1v) is 10.0. The van der Waals surface area contributed by atoms with Crippen LogP contribution in [0.4, 0.5) is 0 Å². The number of fused-ring (bicyclic) bond motifs is 1. The van der Waals surface area contributed by atoms with Crippen molar-refractivity contribution in [1.29, 1.82) is 0 Å². The molecule has 1 aromatic heterocycles. The van der Waals surface area contributed by atoms with Gasteiger partial charge < -0.3 is 19.5 Å². The van der Waals surface area contributed by atoms with Gasteiger partial charge >= 0.3 is 5.97 Å². The molecule has 0 saturated heterocycles. The first-order valence-electron chi connectivity index (χ1n) is 10.0. The van der Waals surface area contributed by atoms with E-state index in [-0.39, 0.29) is 18.3 Å². The maximum absolute atomic E-state index is 12.2. The molecule has 3 aromatic rings. The van der Waals surface area contributed by atoms with Gasteiger partial charge in [-0.2, -0.15) is 5.10 Å². The van der Waals surface area contributed by atoms with Crippen LogP contribution >= 0.6 is 0 Å². The fraction of sp³-hybridized carbons (Fsp3) is 0.261. The van der Waals surface area contributed by atoms with Gasteiger partial charge in [-0.05, 0) is 48.4 Å². The zero-order valence-corrected chi connectivity index (χ0v) is 17.1. The number of hydrogen-bond acceptors (Lipinski definition) is 6. The molecule has 1 aliphatic rings. The van der Waals surface area contributed by atoms with Gasteiger partial charge in [0.2, 0.25) is 0 Å². The Morgan fingerprint density at radius 1 is 1.03 bits per heavy atom. The Morgan fingerprint density at radius 2 is 1.77 bits per heavy atom. The van der Waals surface area contributed by atoms with Gasteiger partial charge in [-0.15, -0.1) is 0 Å². The second kappa shape index (κ2) is 9.34. The second-order valence-corrected chi connectivity index (χ2v) is 7.04. The average Bonchev–Trinajstić information content (AvgIpc) is 3.31. The molecule has 1 amide bonds. The molecule has 0 unspecified atom stereocenters. The minimum Gasteiger partial charge on any atom is -0.486 e. The summed E-state index contributed by atoms with van der Waals surface area (Å²) in [5.41, 5.74) is 4.02. The Labute approximate surface area is 179 Å². The van der Waals surface area contributed by atoms with Crippen molar-refractivity contribution in [3.63, 3.8) is 0 Å². The van der Waals surface area contributed by atoms with E-state index >= 15 is 0 Å². The van der Waals surface area contributed by atoms with E-state index in [1.165, 1.54) is 7.11 Å². The number of nitrogens with one attached hydrogen (secondary N) is 2. The van der Waals surface area contributed by atoms with Gasteiger partial charge in [-0.1, -0.05) is 12.1 Å². The van der Waals surface area contributed by atoms with Crippen molar-refractivity contribution in [3.8, 4) is 34.0 Å². The van der Waals surface area contributed by atoms with E-state index < -0.39 is 0 Å². The summed E-state index contributed by atoms with van der Waals surface area (Å²) >= 11 is 0. The van der Waals surface area contributed by atoms with E-state index in [2.05, 4.69) is 20.3 Å². The third-order valence-corrected chi connectivity index (χ3v) is 4.94. The van der Waals surface area contributed by atoms with Crippen LogP contribution in [0.1, 0.15) is 23.2 Å². The van der Waals surface area contributed by atoms with Crippen LogP contribution in [0.2, 0.25) is 0 Å². The minimum absolute atomic E-state index is 0.182. The van der Waals surface area contributed by atoms with Crippen LogP contribution in [0.25, 0.3) is 22.5 Å². The van der Waals surface area contributed by atoms with Gasteiger partial charge in [-0.25, -0.2) is 0 Å². The van der Waals surface area contributed by atoms with Crippen LogP contribution in [0.5, 0.6) is 11.5 Å². The largest absolute Gasteiger partial charge is 0.486 e. The molecule has 8 nitrogen and oxygen atoms in total. The molecule has 0 aliphatic carbocycles. The molecule has 2 aromatic carbocycles. The van der Waals surface area contributed by atoms with Crippen molar-refractivity contribution < 1.29 is 23.8 Å². The first-order chi connectivity index (χ1) is 15.1. The van der Waals surface area contributed by atoms with E-state index in [0.29, 0.717) is 31.7 Å². The second-order valence-electron chi connectivity index (χ2n) is 7.04. The molecular formula is C23H23N3O5. The summed E-state index contributed by atoms with van der Waals surface area (Å²) < 4.78 is 15.8. The van der Waals surface area contributed by atoms with Gasteiger partial charge in [0.05, 0.1) is 18.5 Å². The van der Waals surface area contributed by atoms with Gasteiger partial charge in [0, 0.05) is 24.1 Å². The van der Waals surface area contributed by atoms with Crippen LogP contribution in [0.3, 0.4) is 0 Å². The van der Waals surface area contributed by atoms with Crippen LogP contribution in [0, 0.1) is 0 Å².